The summed E-state index contributed by atoms with van der Waals surface area (Å²) in [7, 11) is 0. The van der Waals surface area contributed by atoms with E-state index in [1.54, 1.807) is 19.1 Å². The SMILES string of the molecule is C[C@H](CO)NC(=O)c1cnc2c(C3=CCC(C(F)(F)F)CC3)cccc2c1. The van der Waals surface area contributed by atoms with Crippen LogP contribution < -0.4 is 5.32 Å². The van der Waals surface area contributed by atoms with Gasteiger partial charge in [-0.3, -0.25) is 9.78 Å². The Labute approximate surface area is 155 Å². The summed E-state index contributed by atoms with van der Waals surface area (Å²) >= 11 is 0. The van der Waals surface area contributed by atoms with E-state index in [9.17, 15) is 18.0 Å². The van der Waals surface area contributed by atoms with Crippen LogP contribution in [0.3, 0.4) is 0 Å². The molecule has 1 aliphatic rings. The van der Waals surface area contributed by atoms with Crippen LogP contribution in [-0.4, -0.2) is 34.8 Å². The Morgan fingerprint density at radius 1 is 1.41 bits per heavy atom. The molecule has 0 saturated carbocycles. The smallest absolute Gasteiger partial charge is 0.392 e. The number of rotatable bonds is 4. The quantitative estimate of drug-likeness (QED) is 0.842. The molecule has 0 bridgehead atoms. The van der Waals surface area contributed by atoms with Crippen molar-refractivity contribution < 1.29 is 23.1 Å². The van der Waals surface area contributed by atoms with Gasteiger partial charge in [-0.1, -0.05) is 24.3 Å². The average Bonchev–Trinajstić information content (AvgIpc) is 2.66. The van der Waals surface area contributed by atoms with Crippen LogP contribution in [0.2, 0.25) is 0 Å². The lowest BCUT2D eigenvalue weighted by Crippen LogP contribution is -2.35. The normalized spacial score (nSPS) is 18.9. The fourth-order valence-electron chi connectivity index (χ4n) is 3.27. The number of pyridine rings is 1. The maximum absolute atomic E-state index is 12.9. The van der Waals surface area contributed by atoms with Gasteiger partial charge in [-0.25, -0.2) is 0 Å². The molecular formula is C20H21F3N2O2. The Bertz CT molecular complexity index is 877. The number of allylic oxidation sites excluding steroid dienone is 2. The second kappa shape index (κ2) is 7.68. The van der Waals surface area contributed by atoms with E-state index in [2.05, 4.69) is 10.3 Å². The first-order chi connectivity index (χ1) is 12.8. The van der Waals surface area contributed by atoms with Crippen LogP contribution in [-0.2, 0) is 0 Å². The molecule has 27 heavy (non-hydrogen) atoms. The van der Waals surface area contributed by atoms with Crippen molar-refractivity contribution in [1.29, 1.82) is 0 Å². The van der Waals surface area contributed by atoms with Crippen LogP contribution in [0.4, 0.5) is 13.2 Å². The lowest BCUT2D eigenvalue weighted by Gasteiger charge is -2.24. The third kappa shape index (κ3) is 4.30. The van der Waals surface area contributed by atoms with Crippen molar-refractivity contribution in [2.45, 2.75) is 38.4 Å². The molecule has 0 saturated heterocycles. The van der Waals surface area contributed by atoms with Crippen molar-refractivity contribution in [2.75, 3.05) is 6.61 Å². The number of halogens is 3. The molecular weight excluding hydrogens is 357 g/mol. The number of aliphatic hydroxyl groups excluding tert-OH is 1. The number of fused-ring (bicyclic) bond motifs is 1. The summed E-state index contributed by atoms with van der Waals surface area (Å²) in [5.74, 6) is -1.62. The molecule has 0 fully saturated rings. The third-order valence-corrected chi connectivity index (χ3v) is 4.84. The van der Waals surface area contributed by atoms with Gasteiger partial charge < -0.3 is 10.4 Å². The van der Waals surface area contributed by atoms with E-state index in [-0.39, 0.29) is 31.4 Å². The highest BCUT2D eigenvalue weighted by Crippen LogP contribution is 2.40. The average molecular weight is 378 g/mol. The molecule has 3 rings (SSSR count). The molecule has 0 aliphatic heterocycles. The molecule has 2 atom stereocenters. The van der Waals surface area contributed by atoms with E-state index in [0.29, 0.717) is 17.5 Å². The summed E-state index contributed by atoms with van der Waals surface area (Å²) in [6, 6.07) is 6.82. The molecule has 144 valence electrons. The molecule has 4 nitrogen and oxygen atoms in total. The second-order valence-corrected chi connectivity index (χ2v) is 6.90. The molecule has 1 amide bonds. The van der Waals surface area contributed by atoms with E-state index < -0.39 is 12.1 Å². The van der Waals surface area contributed by atoms with Gasteiger partial charge in [-0.15, -0.1) is 0 Å². The van der Waals surface area contributed by atoms with Crippen molar-refractivity contribution in [1.82, 2.24) is 10.3 Å². The zero-order valence-electron chi connectivity index (χ0n) is 14.9. The summed E-state index contributed by atoms with van der Waals surface area (Å²) < 4.78 is 38.6. The second-order valence-electron chi connectivity index (χ2n) is 6.90. The number of nitrogens with one attached hydrogen (secondary N) is 1. The molecule has 0 radical (unpaired) electrons. The molecule has 1 aliphatic carbocycles. The third-order valence-electron chi connectivity index (χ3n) is 4.84. The molecule has 1 aromatic heterocycles. The van der Waals surface area contributed by atoms with Gasteiger partial charge in [-0.05, 0) is 37.8 Å². The Balaban J connectivity index is 1.88. The molecule has 7 heteroatoms. The van der Waals surface area contributed by atoms with Crippen LogP contribution in [0, 0.1) is 5.92 Å². The minimum Gasteiger partial charge on any atom is -0.394 e. The predicted molar refractivity (Wildman–Crippen MR) is 97.1 cm³/mol. The number of hydrogen-bond donors (Lipinski definition) is 2. The lowest BCUT2D eigenvalue weighted by atomic mass is 9.85. The van der Waals surface area contributed by atoms with Crippen molar-refractivity contribution >= 4 is 22.4 Å². The number of aliphatic hydroxyl groups is 1. The number of alkyl halides is 3. The zero-order chi connectivity index (χ0) is 19.6. The van der Waals surface area contributed by atoms with Crippen LogP contribution in [0.1, 0.15) is 42.1 Å². The molecule has 1 heterocycles. The van der Waals surface area contributed by atoms with Crippen molar-refractivity contribution in [3.63, 3.8) is 0 Å². The maximum atomic E-state index is 12.9. The van der Waals surface area contributed by atoms with E-state index >= 15 is 0 Å². The first-order valence-electron chi connectivity index (χ1n) is 8.86. The number of nitrogens with zero attached hydrogens (tertiary/aromatic N) is 1. The van der Waals surface area contributed by atoms with Gasteiger partial charge in [0, 0.05) is 23.2 Å². The van der Waals surface area contributed by atoms with E-state index in [4.69, 9.17) is 5.11 Å². The number of benzene rings is 1. The Morgan fingerprint density at radius 2 is 2.19 bits per heavy atom. The summed E-state index contributed by atoms with van der Waals surface area (Å²) in [6.45, 7) is 1.53. The molecule has 0 spiro atoms. The van der Waals surface area contributed by atoms with Gasteiger partial charge in [0.2, 0.25) is 0 Å². The standard InChI is InChI=1S/C20H21F3N2O2/c1-12(11-26)25-19(27)15-9-14-3-2-4-17(18(14)24-10-15)13-5-7-16(8-6-13)20(21,22)23/h2-5,9-10,12,16,26H,6-8,11H2,1H3,(H,25,27)/t12-,16?/m1/s1. The minimum absolute atomic E-state index is 0.0191. The van der Waals surface area contributed by atoms with Crippen molar-refractivity contribution in [3.05, 3.63) is 47.7 Å². The van der Waals surface area contributed by atoms with Gasteiger partial charge in [0.05, 0.1) is 23.6 Å². The summed E-state index contributed by atoms with van der Waals surface area (Å²) in [5.41, 5.74) is 2.71. The van der Waals surface area contributed by atoms with E-state index in [0.717, 1.165) is 16.5 Å². The maximum Gasteiger partial charge on any atom is 0.392 e. The van der Waals surface area contributed by atoms with Crippen LogP contribution >= 0.6 is 0 Å². The van der Waals surface area contributed by atoms with Crippen molar-refractivity contribution in [3.8, 4) is 0 Å². The van der Waals surface area contributed by atoms with Crippen LogP contribution in [0.5, 0.6) is 0 Å². The molecule has 1 unspecified atom stereocenters. The number of hydrogen-bond acceptors (Lipinski definition) is 3. The Hall–Kier alpha value is -2.41. The highest BCUT2D eigenvalue weighted by atomic mass is 19.4. The molecule has 2 aromatic rings. The Kier molecular flexibility index (Phi) is 5.51. The first-order valence-corrected chi connectivity index (χ1v) is 8.86. The van der Waals surface area contributed by atoms with Gasteiger partial charge >= 0.3 is 6.18 Å². The fourth-order valence-corrected chi connectivity index (χ4v) is 3.27. The monoisotopic (exact) mass is 378 g/mol. The van der Waals surface area contributed by atoms with Gasteiger partial charge in [0.1, 0.15) is 0 Å². The predicted octanol–water partition coefficient (Wildman–Crippen LogP) is 4.09. The lowest BCUT2D eigenvalue weighted by molar-refractivity contribution is -0.175. The number of carbonyl (C=O) groups is 1. The molecule has 2 N–H and O–H groups in total. The summed E-state index contributed by atoms with van der Waals surface area (Å²) in [4.78, 5) is 16.6. The number of aromatic nitrogens is 1. The van der Waals surface area contributed by atoms with Gasteiger partial charge in [0.25, 0.3) is 5.91 Å². The fraction of sp³-hybridized carbons (Fsp3) is 0.400. The summed E-state index contributed by atoms with van der Waals surface area (Å²) in [6.07, 6.45) is -0.650. The topological polar surface area (TPSA) is 62.2 Å². The number of carbonyl (C=O) groups excluding carboxylic acids is 1. The van der Waals surface area contributed by atoms with E-state index in [1.807, 2.05) is 18.2 Å². The Morgan fingerprint density at radius 3 is 2.81 bits per heavy atom. The summed E-state index contributed by atoms with van der Waals surface area (Å²) in [5, 5.41) is 12.5. The van der Waals surface area contributed by atoms with Crippen LogP contribution in [0.25, 0.3) is 16.5 Å². The van der Waals surface area contributed by atoms with Crippen LogP contribution in [0.15, 0.2) is 36.5 Å². The van der Waals surface area contributed by atoms with Gasteiger partial charge in [-0.2, -0.15) is 13.2 Å². The first kappa shape index (κ1) is 19.4. The molecule has 1 aromatic carbocycles. The zero-order valence-corrected chi connectivity index (χ0v) is 14.9. The van der Waals surface area contributed by atoms with Gasteiger partial charge in [0.15, 0.2) is 0 Å². The number of para-hydroxylation sites is 1. The highest BCUT2D eigenvalue weighted by molar-refractivity contribution is 5.99. The minimum atomic E-state index is -4.16. The largest absolute Gasteiger partial charge is 0.394 e. The highest BCUT2D eigenvalue weighted by Gasteiger charge is 2.39. The number of amides is 1. The van der Waals surface area contributed by atoms with Crippen molar-refractivity contribution in [2.24, 2.45) is 5.92 Å². The van der Waals surface area contributed by atoms with E-state index in [1.165, 1.54) is 6.20 Å².